The number of nitrogens with two attached hydrogens (primary N) is 1. The molecule has 0 bridgehead atoms. The van der Waals surface area contributed by atoms with Crippen molar-refractivity contribution in [2.75, 3.05) is 20.3 Å². The fraction of sp³-hybridized carbons (Fsp3) is 0.290. The number of fused-ring (bicyclic) bond motifs is 1. The van der Waals surface area contributed by atoms with Crippen LogP contribution in [-0.2, 0) is 0 Å². The van der Waals surface area contributed by atoms with Gasteiger partial charge in [-0.05, 0) is 61.4 Å². The summed E-state index contributed by atoms with van der Waals surface area (Å²) in [4.78, 5) is 12.7. The van der Waals surface area contributed by atoms with E-state index in [0.29, 0.717) is 47.3 Å². The molecule has 0 saturated heterocycles. The Labute approximate surface area is 228 Å². The molecule has 0 aromatic heterocycles. The molecular weight excluding hydrogens is 496 g/mol. The molecule has 8 nitrogen and oxygen atoms in total. The average molecular weight is 529 g/mol. The number of methoxy groups -OCH3 is 1. The third-order valence-corrected chi connectivity index (χ3v) is 6.33. The first-order valence-electron chi connectivity index (χ1n) is 13.0. The Kier molecular flexibility index (Phi) is 8.95. The monoisotopic (exact) mass is 528 g/mol. The van der Waals surface area contributed by atoms with Crippen LogP contribution in [0, 0.1) is 11.3 Å². The molecule has 3 aromatic rings. The summed E-state index contributed by atoms with van der Waals surface area (Å²) in [6.45, 7) is 5.11. The van der Waals surface area contributed by atoms with Crippen molar-refractivity contribution < 1.29 is 28.5 Å². The fourth-order valence-electron chi connectivity index (χ4n) is 4.36. The summed E-state index contributed by atoms with van der Waals surface area (Å²) < 4.78 is 28.4. The largest absolute Gasteiger partial charge is 0.497 e. The molecule has 0 radical (unpaired) electrons. The standard InChI is InChI=1S/C31H32N2O6/c1-4-6-7-16-37-26-15-10-21(17-28(26)36-5-2)29-24-14-13-23(18-27(24)39-30(33)25(29)19-32)38-31(34)20-8-11-22(35-3)12-9-20/h8-15,17-18,29H,4-7,16,33H2,1-3H3. The molecule has 0 aliphatic carbocycles. The number of carbonyl (C=O) groups is 1. The van der Waals surface area contributed by atoms with E-state index in [4.69, 9.17) is 29.4 Å². The van der Waals surface area contributed by atoms with Crippen LogP contribution >= 0.6 is 0 Å². The van der Waals surface area contributed by atoms with Crippen LogP contribution in [0.1, 0.15) is 60.5 Å². The van der Waals surface area contributed by atoms with Gasteiger partial charge in [-0.3, -0.25) is 0 Å². The zero-order valence-corrected chi connectivity index (χ0v) is 22.4. The molecule has 1 aliphatic heterocycles. The molecule has 202 valence electrons. The van der Waals surface area contributed by atoms with Crippen molar-refractivity contribution in [2.24, 2.45) is 5.73 Å². The minimum Gasteiger partial charge on any atom is -0.497 e. The minimum absolute atomic E-state index is 0.00789. The van der Waals surface area contributed by atoms with Crippen molar-refractivity contribution in [3.8, 4) is 34.8 Å². The fourth-order valence-corrected chi connectivity index (χ4v) is 4.36. The summed E-state index contributed by atoms with van der Waals surface area (Å²) in [6.07, 6.45) is 3.16. The number of hydrogen-bond acceptors (Lipinski definition) is 8. The number of ether oxygens (including phenoxy) is 5. The van der Waals surface area contributed by atoms with Gasteiger partial charge in [0.25, 0.3) is 0 Å². The number of esters is 1. The quantitative estimate of drug-likeness (QED) is 0.180. The minimum atomic E-state index is -0.526. The van der Waals surface area contributed by atoms with Gasteiger partial charge in [-0.2, -0.15) is 5.26 Å². The van der Waals surface area contributed by atoms with Gasteiger partial charge in [0.2, 0.25) is 5.88 Å². The van der Waals surface area contributed by atoms with Gasteiger partial charge in [0, 0.05) is 11.6 Å². The lowest BCUT2D eigenvalue weighted by Crippen LogP contribution is -2.21. The molecule has 1 aliphatic rings. The summed E-state index contributed by atoms with van der Waals surface area (Å²) in [6, 6.07) is 19.5. The number of rotatable bonds is 11. The first kappa shape index (κ1) is 27.4. The smallest absolute Gasteiger partial charge is 0.343 e. The molecule has 3 aromatic carbocycles. The van der Waals surface area contributed by atoms with E-state index in [-0.39, 0.29) is 17.2 Å². The van der Waals surface area contributed by atoms with Crippen LogP contribution in [0.4, 0.5) is 0 Å². The van der Waals surface area contributed by atoms with Crippen LogP contribution in [0.25, 0.3) is 0 Å². The number of nitrogens with zero attached hydrogens (tertiary/aromatic N) is 1. The SMILES string of the molecule is CCCCCOc1ccc(C2C(C#N)=C(N)Oc3cc(OC(=O)c4ccc(OC)cc4)ccc32)cc1OCC. The molecule has 1 atom stereocenters. The Hall–Kier alpha value is -4.64. The van der Waals surface area contributed by atoms with Crippen LogP contribution in [-0.4, -0.2) is 26.3 Å². The first-order valence-corrected chi connectivity index (χ1v) is 13.0. The van der Waals surface area contributed by atoms with Crippen LogP contribution < -0.4 is 29.4 Å². The molecule has 1 heterocycles. The highest BCUT2D eigenvalue weighted by Gasteiger charge is 2.32. The van der Waals surface area contributed by atoms with Crippen molar-refractivity contribution in [1.82, 2.24) is 0 Å². The second-order valence-corrected chi connectivity index (χ2v) is 8.94. The number of carbonyl (C=O) groups excluding carboxylic acids is 1. The van der Waals surface area contributed by atoms with Crippen LogP contribution in [0.2, 0.25) is 0 Å². The molecule has 0 fully saturated rings. The van der Waals surface area contributed by atoms with Crippen molar-refractivity contribution in [2.45, 2.75) is 39.0 Å². The third-order valence-electron chi connectivity index (χ3n) is 6.33. The summed E-state index contributed by atoms with van der Waals surface area (Å²) >= 11 is 0. The topological polar surface area (TPSA) is 113 Å². The van der Waals surface area contributed by atoms with E-state index in [2.05, 4.69) is 13.0 Å². The highest BCUT2D eigenvalue weighted by atomic mass is 16.5. The molecule has 39 heavy (non-hydrogen) atoms. The lowest BCUT2D eigenvalue weighted by Gasteiger charge is -2.27. The molecule has 8 heteroatoms. The van der Waals surface area contributed by atoms with E-state index >= 15 is 0 Å². The molecule has 2 N–H and O–H groups in total. The Morgan fingerprint density at radius 1 is 0.974 bits per heavy atom. The maximum absolute atomic E-state index is 12.7. The van der Waals surface area contributed by atoms with Crippen LogP contribution in [0.3, 0.4) is 0 Å². The van der Waals surface area contributed by atoms with E-state index in [1.165, 1.54) is 0 Å². The molecular formula is C31H32N2O6. The Bertz CT molecular complexity index is 1390. The summed E-state index contributed by atoms with van der Waals surface area (Å²) in [5.41, 5.74) is 8.35. The summed E-state index contributed by atoms with van der Waals surface area (Å²) in [5.74, 6) is 1.54. The van der Waals surface area contributed by atoms with E-state index in [9.17, 15) is 10.1 Å². The predicted octanol–water partition coefficient (Wildman–Crippen LogP) is 6.10. The number of nitriles is 1. The number of allylic oxidation sites excluding steroid dienone is 1. The number of benzene rings is 3. The zero-order valence-electron chi connectivity index (χ0n) is 22.4. The normalized spacial score (nSPS) is 14.1. The van der Waals surface area contributed by atoms with E-state index in [1.807, 2.05) is 25.1 Å². The van der Waals surface area contributed by atoms with Gasteiger partial charge in [0.05, 0.1) is 31.8 Å². The molecule has 1 unspecified atom stereocenters. The van der Waals surface area contributed by atoms with Gasteiger partial charge in [0.15, 0.2) is 11.5 Å². The lowest BCUT2D eigenvalue weighted by atomic mass is 9.83. The number of unbranched alkanes of at least 4 members (excludes halogenated alkanes) is 2. The van der Waals surface area contributed by atoms with Crippen molar-refractivity contribution >= 4 is 5.97 Å². The van der Waals surface area contributed by atoms with Crippen molar-refractivity contribution in [3.05, 3.63) is 88.8 Å². The van der Waals surface area contributed by atoms with Gasteiger partial charge in [0.1, 0.15) is 28.9 Å². The third kappa shape index (κ3) is 6.27. The van der Waals surface area contributed by atoms with E-state index < -0.39 is 11.9 Å². The Morgan fingerprint density at radius 2 is 1.74 bits per heavy atom. The zero-order chi connectivity index (χ0) is 27.8. The highest BCUT2D eigenvalue weighted by molar-refractivity contribution is 5.91. The van der Waals surface area contributed by atoms with Gasteiger partial charge in [-0.25, -0.2) is 4.79 Å². The number of hydrogen-bond donors (Lipinski definition) is 1. The van der Waals surface area contributed by atoms with Gasteiger partial charge in [-0.1, -0.05) is 31.9 Å². The van der Waals surface area contributed by atoms with Gasteiger partial charge in [-0.15, -0.1) is 0 Å². The second kappa shape index (κ2) is 12.7. The lowest BCUT2D eigenvalue weighted by molar-refractivity contribution is 0.0734. The molecule has 0 spiro atoms. The summed E-state index contributed by atoms with van der Waals surface area (Å²) in [5, 5.41) is 9.95. The molecule has 4 rings (SSSR count). The van der Waals surface area contributed by atoms with Crippen LogP contribution in [0.15, 0.2) is 72.1 Å². The van der Waals surface area contributed by atoms with Crippen LogP contribution in [0.5, 0.6) is 28.7 Å². The maximum Gasteiger partial charge on any atom is 0.343 e. The second-order valence-electron chi connectivity index (χ2n) is 8.94. The van der Waals surface area contributed by atoms with Gasteiger partial charge >= 0.3 is 5.97 Å². The first-order chi connectivity index (χ1) is 19.0. The summed E-state index contributed by atoms with van der Waals surface area (Å²) in [7, 11) is 1.56. The molecule has 0 saturated carbocycles. The van der Waals surface area contributed by atoms with E-state index in [0.717, 1.165) is 24.8 Å². The maximum atomic E-state index is 12.7. The van der Waals surface area contributed by atoms with Crippen molar-refractivity contribution in [3.63, 3.8) is 0 Å². The van der Waals surface area contributed by atoms with Gasteiger partial charge < -0.3 is 29.4 Å². The molecule has 0 amide bonds. The van der Waals surface area contributed by atoms with Crippen molar-refractivity contribution in [1.29, 1.82) is 5.26 Å². The Balaban J connectivity index is 1.63. The average Bonchev–Trinajstić information content (AvgIpc) is 2.95. The highest BCUT2D eigenvalue weighted by Crippen LogP contribution is 2.45. The Morgan fingerprint density at radius 3 is 2.44 bits per heavy atom. The van der Waals surface area contributed by atoms with E-state index in [1.54, 1.807) is 49.6 Å². The predicted molar refractivity (Wildman–Crippen MR) is 146 cm³/mol.